The molecule has 0 radical (unpaired) electrons. The van der Waals surface area contributed by atoms with Crippen molar-refractivity contribution in [3.63, 3.8) is 0 Å². The summed E-state index contributed by atoms with van der Waals surface area (Å²) >= 11 is 0. The smallest absolute Gasteiger partial charge is 0.257 e. The van der Waals surface area contributed by atoms with Crippen molar-refractivity contribution in [2.75, 3.05) is 0 Å². The van der Waals surface area contributed by atoms with Crippen molar-refractivity contribution in [1.29, 1.82) is 0 Å². The first-order valence-electron chi connectivity index (χ1n) is 3.03. The normalized spacial score (nSPS) is 10.6. The summed E-state index contributed by atoms with van der Waals surface area (Å²) in [5, 5.41) is 7.55. The molecule has 0 atom stereocenters. The fourth-order valence-corrected chi connectivity index (χ4v) is 0.851. The van der Waals surface area contributed by atoms with Crippen molar-refractivity contribution in [2.24, 2.45) is 0 Å². The quantitative estimate of drug-likeness (QED) is 0.513. The van der Waals surface area contributed by atoms with Gasteiger partial charge in [-0.25, -0.2) is 0 Å². The van der Waals surface area contributed by atoms with E-state index in [4.69, 9.17) is 0 Å². The van der Waals surface area contributed by atoms with E-state index in [1.165, 1.54) is 28.8 Å². The average Bonchev–Trinajstić information content (AvgIpc) is 2.41. The van der Waals surface area contributed by atoms with Gasteiger partial charge in [-0.2, -0.15) is 24.4 Å². The first kappa shape index (κ1) is 6.02. The van der Waals surface area contributed by atoms with Crippen LogP contribution in [0.4, 0.5) is 0 Å². The largest absolute Gasteiger partial charge is 0.273 e. The zero-order chi connectivity index (χ0) is 7.84. The molecule has 2 aromatic rings. The fraction of sp³-hybridized carbons (Fsp3) is 0.200. The predicted octanol–water partition coefficient (Wildman–Crippen LogP) is -0.414. The molecule has 0 saturated heterocycles. The molecule has 2 aromatic heterocycles. The number of rotatable bonds is 0. The monoisotopic (exact) mass is 151 g/mol. The van der Waals surface area contributed by atoms with E-state index in [0.717, 1.165) is 0 Å². The molecule has 0 fully saturated rings. The third-order valence-corrected chi connectivity index (χ3v) is 1.32. The van der Waals surface area contributed by atoms with Crippen LogP contribution in [-0.4, -0.2) is 30.3 Å². The summed E-state index contributed by atoms with van der Waals surface area (Å²) in [6.07, 6.45) is 2.81. The summed E-state index contributed by atoms with van der Waals surface area (Å²) in [6, 6.07) is 0. The highest BCUT2D eigenvalue weighted by Gasteiger charge is 2.06. The molecule has 0 amide bonds. The SMILES string of the molecule is CC(=O)n1ncn2ncnc12. The van der Waals surface area contributed by atoms with E-state index in [1.54, 1.807) is 0 Å². The second kappa shape index (κ2) is 1.88. The van der Waals surface area contributed by atoms with Crippen LogP contribution in [0, 0.1) is 0 Å². The second-order valence-corrected chi connectivity index (χ2v) is 2.07. The minimum absolute atomic E-state index is 0.173. The molecule has 0 saturated carbocycles. The second-order valence-electron chi connectivity index (χ2n) is 2.07. The molecule has 6 nitrogen and oxygen atoms in total. The van der Waals surface area contributed by atoms with Crippen LogP contribution in [0.2, 0.25) is 0 Å². The van der Waals surface area contributed by atoms with Crippen molar-refractivity contribution in [1.82, 2.24) is 24.4 Å². The molecule has 2 rings (SSSR count). The van der Waals surface area contributed by atoms with Crippen molar-refractivity contribution >= 4 is 11.7 Å². The van der Waals surface area contributed by atoms with E-state index < -0.39 is 0 Å². The van der Waals surface area contributed by atoms with Gasteiger partial charge in [-0.05, 0) is 0 Å². The van der Waals surface area contributed by atoms with E-state index in [1.807, 2.05) is 0 Å². The zero-order valence-electron chi connectivity index (χ0n) is 5.80. The lowest BCUT2D eigenvalue weighted by Crippen LogP contribution is -2.07. The van der Waals surface area contributed by atoms with Crippen LogP contribution in [-0.2, 0) is 0 Å². The molecule has 0 aliphatic heterocycles. The standard InChI is InChI=1S/C5H5N5O/c1-4(11)10-5-6-2-7-9(5)3-8-10/h2-3H,1H3. The molecule has 11 heavy (non-hydrogen) atoms. The van der Waals surface area contributed by atoms with Crippen LogP contribution >= 0.6 is 0 Å². The number of fused-ring (bicyclic) bond motifs is 1. The van der Waals surface area contributed by atoms with Crippen molar-refractivity contribution in [2.45, 2.75) is 6.92 Å². The number of hydrogen-bond donors (Lipinski definition) is 0. The van der Waals surface area contributed by atoms with E-state index in [9.17, 15) is 4.79 Å². The summed E-state index contributed by atoms with van der Waals surface area (Å²) < 4.78 is 2.62. The first-order valence-corrected chi connectivity index (χ1v) is 3.03. The Morgan fingerprint density at radius 1 is 1.55 bits per heavy atom. The number of carbonyl (C=O) groups excluding carboxylic acids is 1. The van der Waals surface area contributed by atoms with Gasteiger partial charge in [0.25, 0.3) is 5.78 Å². The van der Waals surface area contributed by atoms with E-state index in [0.29, 0.717) is 5.78 Å². The third-order valence-electron chi connectivity index (χ3n) is 1.32. The van der Waals surface area contributed by atoms with Crippen molar-refractivity contribution in [3.8, 4) is 0 Å². The molecule has 0 aliphatic carbocycles. The van der Waals surface area contributed by atoms with E-state index in [-0.39, 0.29) is 5.91 Å². The zero-order valence-corrected chi connectivity index (χ0v) is 5.80. The molecule has 56 valence electrons. The number of aromatic nitrogens is 5. The third kappa shape index (κ3) is 0.721. The lowest BCUT2D eigenvalue weighted by Gasteiger charge is -1.88. The maximum atomic E-state index is 10.8. The van der Waals surface area contributed by atoms with E-state index >= 15 is 0 Å². The summed E-state index contributed by atoms with van der Waals surface area (Å²) in [6.45, 7) is 1.42. The molecule has 0 aromatic carbocycles. The molecular formula is C5H5N5O. The highest BCUT2D eigenvalue weighted by atomic mass is 16.2. The Bertz CT molecular complexity index is 400. The number of hydrogen-bond acceptors (Lipinski definition) is 4. The molecule has 0 unspecified atom stereocenters. The van der Waals surface area contributed by atoms with Gasteiger partial charge < -0.3 is 0 Å². The van der Waals surface area contributed by atoms with Gasteiger partial charge in [-0.3, -0.25) is 4.79 Å². The Morgan fingerprint density at radius 3 is 3.09 bits per heavy atom. The lowest BCUT2D eigenvalue weighted by molar-refractivity contribution is 0.0926. The van der Waals surface area contributed by atoms with Crippen LogP contribution in [0.5, 0.6) is 0 Å². The van der Waals surface area contributed by atoms with Crippen LogP contribution in [0.25, 0.3) is 5.78 Å². The highest BCUT2D eigenvalue weighted by molar-refractivity contribution is 5.78. The Morgan fingerprint density at radius 2 is 2.36 bits per heavy atom. The van der Waals surface area contributed by atoms with Crippen molar-refractivity contribution < 1.29 is 4.79 Å². The fourth-order valence-electron chi connectivity index (χ4n) is 0.851. The first-order chi connectivity index (χ1) is 5.29. The van der Waals surface area contributed by atoms with Gasteiger partial charge in [-0.1, -0.05) is 0 Å². The Balaban J connectivity index is 2.78. The van der Waals surface area contributed by atoms with Gasteiger partial charge in [0, 0.05) is 6.92 Å². The molecule has 0 aliphatic rings. The average molecular weight is 151 g/mol. The maximum Gasteiger partial charge on any atom is 0.257 e. The summed E-state index contributed by atoms with van der Waals surface area (Å²) in [4.78, 5) is 14.7. The van der Waals surface area contributed by atoms with Crippen LogP contribution in [0.1, 0.15) is 11.7 Å². The summed E-state index contributed by atoms with van der Waals surface area (Å²) in [7, 11) is 0. The van der Waals surface area contributed by atoms with Crippen molar-refractivity contribution in [3.05, 3.63) is 12.7 Å². The minimum atomic E-state index is -0.173. The van der Waals surface area contributed by atoms with Gasteiger partial charge in [0.15, 0.2) is 0 Å². The Labute approximate surface area is 61.5 Å². The van der Waals surface area contributed by atoms with Gasteiger partial charge in [0.05, 0.1) is 0 Å². The molecule has 2 heterocycles. The topological polar surface area (TPSA) is 65.1 Å². The van der Waals surface area contributed by atoms with E-state index in [2.05, 4.69) is 15.2 Å². The van der Waals surface area contributed by atoms with Gasteiger partial charge in [-0.15, -0.1) is 0 Å². The Hall–Kier alpha value is -1.72. The Kier molecular flexibility index (Phi) is 1.03. The van der Waals surface area contributed by atoms with Crippen LogP contribution < -0.4 is 0 Å². The molecular weight excluding hydrogens is 146 g/mol. The molecule has 0 N–H and O–H groups in total. The number of nitrogens with zero attached hydrogens (tertiary/aromatic N) is 5. The number of carbonyl (C=O) groups is 1. The molecule has 6 heteroatoms. The van der Waals surface area contributed by atoms with Gasteiger partial charge >= 0.3 is 0 Å². The van der Waals surface area contributed by atoms with Crippen LogP contribution in [0.3, 0.4) is 0 Å². The molecule has 0 bridgehead atoms. The van der Waals surface area contributed by atoms with Gasteiger partial charge in [0.1, 0.15) is 12.7 Å². The predicted molar refractivity (Wildman–Crippen MR) is 35.1 cm³/mol. The summed E-state index contributed by atoms with van der Waals surface area (Å²) in [5.74, 6) is 0.269. The molecule has 0 spiro atoms. The summed E-state index contributed by atoms with van der Waals surface area (Å²) in [5.41, 5.74) is 0. The van der Waals surface area contributed by atoms with Gasteiger partial charge in [0.2, 0.25) is 5.91 Å². The highest BCUT2D eigenvalue weighted by Crippen LogP contribution is 1.94. The minimum Gasteiger partial charge on any atom is -0.273 e. The van der Waals surface area contributed by atoms with Crippen LogP contribution in [0.15, 0.2) is 12.7 Å². The lowest BCUT2D eigenvalue weighted by atomic mass is 10.7. The maximum absolute atomic E-state index is 10.8.